The lowest BCUT2D eigenvalue weighted by Crippen LogP contribution is -2.10. The fraction of sp³-hybridized carbons (Fsp3) is 0.167. The second-order valence-corrected chi connectivity index (χ2v) is 3.97. The van der Waals surface area contributed by atoms with Crippen molar-refractivity contribution in [3.8, 4) is 0 Å². The zero-order chi connectivity index (χ0) is 14.0. The molecule has 0 spiro atoms. The van der Waals surface area contributed by atoms with Crippen LogP contribution in [-0.4, -0.2) is 20.9 Å². The van der Waals surface area contributed by atoms with Gasteiger partial charge in [0.05, 0.1) is 11.3 Å². The van der Waals surface area contributed by atoms with Crippen LogP contribution in [0.15, 0.2) is 39.3 Å². The smallest absolute Gasteiger partial charge is 0.337 e. The molecule has 2 aromatic rings. The lowest BCUT2D eigenvalue weighted by molar-refractivity contribution is 0.0698. The number of hydrogen-bond acceptors (Lipinski definition) is 4. The molecule has 98 valence electrons. The van der Waals surface area contributed by atoms with Crippen LogP contribution in [-0.2, 0) is 7.05 Å². The van der Waals surface area contributed by atoms with E-state index in [-0.39, 0.29) is 22.5 Å². The normalized spacial score (nSPS) is 11.1. The van der Waals surface area contributed by atoms with Gasteiger partial charge in [0, 0.05) is 7.05 Å². The zero-order valence-electron chi connectivity index (χ0n) is 10.4. The molecule has 19 heavy (non-hydrogen) atoms. The average Bonchev–Trinajstić information content (AvgIpc) is 2.61. The van der Waals surface area contributed by atoms with Crippen molar-refractivity contribution in [2.75, 3.05) is 0 Å². The second kappa shape index (κ2) is 4.89. The summed E-state index contributed by atoms with van der Waals surface area (Å²) in [6, 6.07) is 6.21. The van der Waals surface area contributed by atoms with E-state index in [1.807, 2.05) is 0 Å². The number of aromatic amines is 1. The predicted octanol–water partition coefficient (Wildman–Crippen LogP) is 2.14. The van der Waals surface area contributed by atoms with Crippen LogP contribution >= 0.6 is 0 Å². The van der Waals surface area contributed by atoms with E-state index in [0.29, 0.717) is 5.69 Å². The van der Waals surface area contributed by atoms with E-state index in [9.17, 15) is 9.59 Å². The lowest BCUT2D eigenvalue weighted by atomic mass is 10.2. The van der Waals surface area contributed by atoms with Crippen LogP contribution < -0.4 is 5.56 Å². The summed E-state index contributed by atoms with van der Waals surface area (Å²) in [5.74, 6) is -1.09. The van der Waals surface area contributed by atoms with Gasteiger partial charge in [-0.1, -0.05) is 12.1 Å². The number of nitrogens with zero attached hydrogens (tertiary/aromatic N) is 3. The highest BCUT2D eigenvalue weighted by Crippen LogP contribution is 2.21. The van der Waals surface area contributed by atoms with Gasteiger partial charge >= 0.3 is 5.97 Å². The quantitative estimate of drug-likeness (QED) is 0.826. The molecule has 0 aliphatic carbocycles. The number of carboxylic acids is 1. The molecule has 1 aromatic carbocycles. The number of aryl methyl sites for hydroxylation is 2. The van der Waals surface area contributed by atoms with E-state index in [0.717, 1.165) is 0 Å². The van der Waals surface area contributed by atoms with Crippen LogP contribution in [0.25, 0.3) is 0 Å². The number of nitrogens with one attached hydrogen (secondary N) is 1. The Balaban J connectivity index is 2.44. The van der Waals surface area contributed by atoms with Crippen molar-refractivity contribution in [3.63, 3.8) is 0 Å². The number of aromatic carboxylic acids is 1. The van der Waals surface area contributed by atoms with Gasteiger partial charge in [-0.3, -0.25) is 14.6 Å². The summed E-state index contributed by atoms with van der Waals surface area (Å²) >= 11 is 0. The van der Waals surface area contributed by atoms with Crippen molar-refractivity contribution in [3.05, 3.63) is 45.9 Å². The molecule has 7 nitrogen and oxygen atoms in total. The summed E-state index contributed by atoms with van der Waals surface area (Å²) in [6.07, 6.45) is 0. The minimum Gasteiger partial charge on any atom is -0.478 e. The van der Waals surface area contributed by atoms with Crippen molar-refractivity contribution in [1.29, 1.82) is 0 Å². The van der Waals surface area contributed by atoms with Crippen molar-refractivity contribution in [2.45, 2.75) is 6.92 Å². The molecule has 0 unspecified atom stereocenters. The predicted molar refractivity (Wildman–Crippen MR) is 68.3 cm³/mol. The third-order valence-corrected chi connectivity index (χ3v) is 2.59. The Morgan fingerprint density at radius 3 is 2.58 bits per heavy atom. The van der Waals surface area contributed by atoms with Crippen molar-refractivity contribution in [1.82, 2.24) is 9.78 Å². The molecule has 0 radical (unpaired) electrons. The molecule has 2 rings (SSSR count). The van der Waals surface area contributed by atoms with Gasteiger partial charge in [-0.2, -0.15) is 0 Å². The Morgan fingerprint density at radius 2 is 2.00 bits per heavy atom. The highest BCUT2D eigenvalue weighted by Gasteiger charge is 2.10. The summed E-state index contributed by atoms with van der Waals surface area (Å²) in [6.45, 7) is 1.69. The standard InChI is InChI=1S/C12H12N4O3/c1-7-10(11(17)16(2)15-7)14-13-9-6-4-3-5-8(9)12(18)19/h3-6,15H,1-2H3,(H,18,19). The first-order valence-corrected chi connectivity index (χ1v) is 5.50. The van der Waals surface area contributed by atoms with Crippen LogP contribution in [0.5, 0.6) is 0 Å². The van der Waals surface area contributed by atoms with Crippen LogP contribution in [0.3, 0.4) is 0 Å². The minimum absolute atomic E-state index is 0.0382. The van der Waals surface area contributed by atoms with Gasteiger partial charge in [0.2, 0.25) is 0 Å². The zero-order valence-corrected chi connectivity index (χ0v) is 10.4. The Bertz CT molecular complexity index is 712. The number of carboxylic acid groups (broad SMARTS) is 1. The highest BCUT2D eigenvalue weighted by molar-refractivity contribution is 5.93. The number of rotatable bonds is 3. The second-order valence-electron chi connectivity index (χ2n) is 3.97. The number of H-pyrrole nitrogens is 1. The minimum atomic E-state index is -1.09. The maximum Gasteiger partial charge on any atom is 0.337 e. The molecule has 1 aromatic heterocycles. The van der Waals surface area contributed by atoms with E-state index >= 15 is 0 Å². The molecule has 0 aliphatic rings. The first kappa shape index (κ1) is 12.7. The molecular weight excluding hydrogens is 248 g/mol. The monoisotopic (exact) mass is 260 g/mol. The largest absolute Gasteiger partial charge is 0.478 e. The Morgan fingerprint density at radius 1 is 1.32 bits per heavy atom. The maximum absolute atomic E-state index is 11.7. The molecule has 0 fully saturated rings. The van der Waals surface area contributed by atoms with Crippen LogP contribution in [0.4, 0.5) is 11.4 Å². The van der Waals surface area contributed by atoms with Gasteiger partial charge in [-0.05, 0) is 19.1 Å². The van der Waals surface area contributed by atoms with Crippen molar-refractivity contribution < 1.29 is 9.90 Å². The third-order valence-electron chi connectivity index (χ3n) is 2.59. The van der Waals surface area contributed by atoms with Crippen molar-refractivity contribution in [2.24, 2.45) is 17.3 Å². The molecule has 0 amide bonds. The number of azo groups is 1. The molecule has 0 aliphatic heterocycles. The summed E-state index contributed by atoms with van der Waals surface area (Å²) in [7, 11) is 1.57. The highest BCUT2D eigenvalue weighted by atomic mass is 16.4. The van der Waals surface area contributed by atoms with E-state index in [1.165, 1.54) is 16.8 Å². The number of hydrogen-bond donors (Lipinski definition) is 2. The molecule has 0 atom stereocenters. The fourth-order valence-electron chi connectivity index (χ4n) is 1.64. The van der Waals surface area contributed by atoms with E-state index in [2.05, 4.69) is 15.3 Å². The lowest BCUT2D eigenvalue weighted by Gasteiger charge is -1.97. The number of benzene rings is 1. The molecular formula is C12H12N4O3. The molecule has 7 heteroatoms. The molecule has 0 saturated carbocycles. The van der Waals surface area contributed by atoms with Crippen LogP contribution in [0, 0.1) is 6.92 Å². The summed E-state index contributed by atoms with van der Waals surface area (Å²) in [4.78, 5) is 22.7. The Kier molecular flexibility index (Phi) is 3.28. The number of carbonyl (C=O) groups is 1. The van der Waals surface area contributed by atoms with Gasteiger partial charge in [-0.15, -0.1) is 10.2 Å². The molecule has 0 bridgehead atoms. The van der Waals surface area contributed by atoms with Gasteiger partial charge < -0.3 is 5.11 Å². The summed E-state index contributed by atoms with van der Waals surface area (Å²) < 4.78 is 1.28. The SMILES string of the molecule is Cc1[nH]n(C)c(=O)c1N=Nc1ccccc1C(=O)O. The fourth-order valence-corrected chi connectivity index (χ4v) is 1.64. The third kappa shape index (κ3) is 2.44. The van der Waals surface area contributed by atoms with Gasteiger partial charge in [-0.25, -0.2) is 4.79 Å². The van der Waals surface area contributed by atoms with Gasteiger partial charge in [0.1, 0.15) is 5.69 Å². The summed E-state index contributed by atoms with van der Waals surface area (Å²) in [5, 5.41) is 19.5. The topological polar surface area (TPSA) is 99.8 Å². The first-order chi connectivity index (χ1) is 9.00. The van der Waals surface area contributed by atoms with Gasteiger partial charge in [0.25, 0.3) is 5.56 Å². The van der Waals surface area contributed by atoms with Crippen LogP contribution in [0.2, 0.25) is 0 Å². The van der Waals surface area contributed by atoms with Crippen LogP contribution in [0.1, 0.15) is 16.1 Å². The van der Waals surface area contributed by atoms with Crippen molar-refractivity contribution >= 4 is 17.3 Å². The Labute approximate surface area is 108 Å². The summed E-state index contributed by atoms with van der Waals surface area (Å²) in [5.41, 5.74) is 0.676. The van der Waals surface area contributed by atoms with E-state index in [1.54, 1.807) is 26.1 Å². The average molecular weight is 260 g/mol. The number of aromatic nitrogens is 2. The first-order valence-electron chi connectivity index (χ1n) is 5.50. The Hall–Kier alpha value is -2.70. The van der Waals surface area contributed by atoms with E-state index < -0.39 is 5.97 Å². The molecule has 0 saturated heterocycles. The molecule has 2 N–H and O–H groups in total. The van der Waals surface area contributed by atoms with E-state index in [4.69, 9.17) is 5.11 Å². The molecule has 1 heterocycles. The maximum atomic E-state index is 11.7. The van der Waals surface area contributed by atoms with Gasteiger partial charge in [0.15, 0.2) is 5.69 Å².